The van der Waals surface area contributed by atoms with Gasteiger partial charge in [0.25, 0.3) is 11.8 Å². The summed E-state index contributed by atoms with van der Waals surface area (Å²) in [5.74, 6) is 0.172. The van der Waals surface area contributed by atoms with Crippen molar-refractivity contribution in [1.82, 2.24) is 28.8 Å². The zero-order valence-corrected chi connectivity index (χ0v) is 34.1. The summed E-state index contributed by atoms with van der Waals surface area (Å²) in [6, 6.07) is 27.7. The summed E-state index contributed by atoms with van der Waals surface area (Å²) in [7, 11) is 5.66. The molecule has 0 aliphatic carbocycles. The second kappa shape index (κ2) is 15.8. The van der Waals surface area contributed by atoms with Crippen molar-refractivity contribution >= 4 is 34.6 Å². The summed E-state index contributed by atoms with van der Waals surface area (Å²) in [5, 5.41) is 0.886. The van der Waals surface area contributed by atoms with Crippen LogP contribution in [0.25, 0.3) is 22.3 Å². The highest BCUT2D eigenvalue weighted by molar-refractivity contribution is 6.08. The number of morpholine rings is 1. The molecule has 3 amide bonds. The van der Waals surface area contributed by atoms with Crippen LogP contribution in [0.15, 0.2) is 97.3 Å². The summed E-state index contributed by atoms with van der Waals surface area (Å²) in [4.78, 5) is 55.4. The number of fused-ring (bicyclic) bond motifs is 3. The van der Waals surface area contributed by atoms with Crippen LogP contribution in [0, 0.1) is 6.92 Å². The molecule has 3 aliphatic rings. The van der Waals surface area contributed by atoms with Crippen LogP contribution in [0.3, 0.4) is 0 Å². The Morgan fingerprint density at radius 2 is 1.61 bits per heavy atom. The molecule has 0 saturated carbocycles. The van der Waals surface area contributed by atoms with Crippen molar-refractivity contribution in [3.05, 3.63) is 136 Å². The van der Waals surface area contributed by atoms with Gasteiger partial charge in [0.2, 0.25) is 0 Å². The van der Waals surface area contributed by atoms with Gasteiger partial charge in [-0.3, -0.25) is 14.5 Å². The number of hydrogen-bond donors (Lipinski definition) is 0. The minimum Gasteiger partial charge on any atom is -0.409 e. The molecular weight excluding hydrogens is 743 g/mol. The van der Waals surface area contributed by atoms with Crippen LogP contribution in [0.1, 0.15) is 48.7 Å². The minimum absolute atomic E-state index is 0.0618. The van der Waals surface area contributed by atoms with E-state index in [0.717, 1.165) is 76.4 Å². The molecule has 6 aromatic rings. The Kier molecular flexibility index (Phi) is 10.3. The third-order valence-corrected chi connectivity index (χ3v) is 12.4. The molecule has 3 aromatic carbocycles. The monoisotopic (exact) mass is 791 g/mol. The molecule has 0 unspecified atom stereocenters. The number of amides is 3. The Labute approximate surface area is 344 Å². The Morgan fingerprint density at radius 1 is 0.847 bits per heavy atom. The average molecular weight is 792 g/mol. The minimum atomic E-state index is -0.466. The van der Waals surface area contributed by atoms with Gasteiger partial charge in [0, 0.05) is 106 Å². The van der Waals surface area contributed by atoms with Crippen LogP contribution in [-0.4, -0.2) is 99.2 Å². The van der Waals surface area contributed by atoms with E-state index in [1.54, 1.807) is 23.0 Å². The molecule has 0 spiro atoms. The molecule has 0 N–H and O–H groups in total. The molecule has 3 aromatic heterocycles. The number of para-hydroxylation sites is 1. The maximum Gasteiger partial charge on any atom is 0.415 e. The van der Waals surface area contributed by atoms with Gasteiger partial charge in [0.05, 0.1) is 25.0 Å². The fourth-order valence-corrected chi connectivity index (χ4v) is 8.86. The van der Waals surface area contributed by atoms with Crippen molar-refractivity contribution in [2.75, 3.05) is 51.3 Å². The van der Waals surface area contributed by atoms with E-state index in [0.29, 0.717) is 49.6 Å². The standard InChI is InChI=1S/C47H49N7O5/c1-31-40(45(55)51(4)37-12-6-5-7-13-37)26-43(50(31)3)41-24-33-15-17-53(47(57)59-39-23-34-14-16-49(2)44(34)48-27-39)28-36(33)25-42(41)46(56)54-29-35-11-9-8-10-32(35)22-38(54)30-52-18-20-58-21-19-52/h5-14,16,23-27,38H,15,17-22,28-30H2,1-4H3/t38-/m0/s1. The Balaban J connectivity index is 1.09. The summed E-state index contributed by atoms with van der Waals surface area (Å²) >= 11 is 0. The molecule has 1 atom stereocenters. The van der Waals surface area contributed by atoms with E-state index >= 15 is 4.79 Å². The number of anilines is 1. The molecule has 6 heterocycles. The first-order valence-corrected chi connectivity index (χ1v) is 20.3. The lowest BCUT2D eigenvalue weighted by molar-refractivity contribution is 0.0193. The fourth-order valence-electron chi connectivity index (χ4n) is 8.86. The molecule has 12 nitrogen and oxygen atoms in total. The van der Waals surface area contributed by atoms with Gasteiger partial charge in [0.15, 0.2) is 5.75 Å². The van der Waals surface area contributed by atoms with Crippen molar-refractivity contribution in [3.8, 4) is 17.0 Å². The van der Waals surface area contributed by atoms with E-state index in [2.05, 4.69) is 34.1 Å². The summed E-state index contributed by atoms with van der Waals surface area (Å²) in [5.41, 5.74) is 9.42. The van der Waals surface area contributed by atoms with Crippen LogP contribution < -0.4 is 9.64 Å². The van der Waals surface area contributed by atoms with Gasteiger partial charge in [-0.25, -0.2) is 9.78 Å². The lowest BCUT2D eigenvalue weighted by Gasteiger charge is -2.41. The predicted octanol–water partition coefficient (Wildman–Crippen LogP) is 6.62. The van der Waals surface area contributed by atoms with E-state index in [9.17, 15) is 9.59 Å². The highest BCUT2D eigenvalue weighted by atomic mass is 16.6. The van der Waals surface area contributed by atoms with E-state index in [4.69, 9.17) is 9.47 Å². The topological polar surface area (TPSA) is 105 Å². The molecular formula is C47H49N7O5. The molecule has 0 bridgehead atoms. The van der Waals surface area contributed by atoms with E-state index in [1.807, 2.05) is 102 Å². The van der Waals surface area contributed by atoms with Gasteiger partial charge in [-0.05, 0) is 84.5 Å². The van der Waals surface area contributed by atoms with Gasteiger partial charge in [0.1, 0.15) is 5.65 Å². The molecule has 1 fully saturated rings. The highest BCUT2D eigenvalue weighted by Crippen LogP contribution is 2.36. The van der Waals surface area contributed by atoms with Gasteiger partial charge in [-0.15, -0.1) is 0 Å². The molecule has 0 radical (unpaired) electrons. The second-order valence-corrected chi connectivity index (χ2v) is 16.0. The number of ether oxygens (including phenoxy) is 2. The van der Waals surface area contributed by atoms with Crippen LogP contribution in [-0.2, 0) is 44.8 Å². The van der Waals surface area contributed by atoms with E-state index in [1.165, 1.54) is 5.56 Å². The van der Waals surface area contributed by atoms with Gasteiger partial charge >= 0.3 is 6.09 Å². The molecule has 59 heavy (non-hydrogen) atoms. The predicted molar refractivity (Wildman–Crippen MR) is 227 cm³/mol. The Morgan fingerprint density at radius 3 is 2.41 bits per heavy atom. The van der Waals surface area contributed by atoms with Crippen LogP contribution in [0.4, 0.5) is 10.5 Å². The van der Waals surface area contributed by atoms with Crippen molar-refractivity contribution < 1.29 is 23.9 Å². The van der Waals surface area contributed by atoms with Crippen molar-refractivity contribution in [3.63, 3.8) is 0 Å². The maximum atomic E-state index is 15.4. The molecule has 3 aliphatic heterocycles. The lowest BCUT2D eigenvalue weighted by atomic mass is 9.89. The van der Waals surface area contributed by atoms with Gasteiger partial charge in [-0.1, -0.05) is 42.5 Å². The van der Waals surface area contributed by atoms with Crippen LogP contribution in [0.5, 0.6) is 5.75 Å². The second-order valence-electron chi connectivity index (χ2n) is 16.0. The molecule has 9 rings (SSSR count). The third kappa shape index (κ3) is 7.38. The SMILES string of the molecule is Cc1c(C(=O)N(C)c2ccccc2)cc(-c2cc3c(cc2C(=O)N2Cc4ccccc4C[C@H]2CN2CCOCC2)CN(C(=O)Oc2cnc4c(ccn4C)c2)CC3)n1C. The van der Waals surface area contributed by atoms with Crippen LogP contribution >= 0.6 is 0 Å². The Hall–Kier alpha value is -6.24. The first-order valence-electron chi connectivity index (χ1n) is 20.3. The van der Waals surface area contributed by atoms with E-state index < -0.39 is 6.09 Å². The summed E-state index contributed by atoms with van der Waals surface area (Å²) in [6.45, 7) is 6.90. The first kappa shape index (κ1) is 38.3. The van der Waals surface area contributed by atoms with Gasteiger partial charge in [-0.2, -0.15) is 0 Å². The highest BCUT2D eigenvalue weighted by Gasteiger charge is 2.35. The zero-order chi connectivity index (χ0) is 40.8. The number of aryl methyl sites for hydroxylation is 1. The number of rotatable bonds is 7. The normalized spacial score (nSPS) is 16.8. The smallest absolute Gasteiger partial charge is 0.409 e. The largest absolute Gasteiger partial charge is 0.415 e. The summed E-state index contributed by atoms with van der Waals surface area (Å²) in [6.07, 6.45) is 4.35. The number of pyridine rings is 1. The number of carbonyl (C=O) groups excluding carboxylic acids is 3. The van der Waals surface area contributed by atoms with Crippen molar-refractivity contribution in [2.24, 2.45) is 14.1 Å². The number of hydrogen-bond acceptors (Lipinski definition) is 7. The molecule has 12 heteroatoms. The molecule has 1 saturated heterocycles. The number of aromatic nitrogens is 3. The quantitative estimate of drug-likeness (QED) is 0.179. The first-order chi connectivity index (χ1) is 28.6. The van der Waals surface area contributed by atoms with Gasteiger partial charge < -0.3 is 33.3 Å². The average Bonchev–Trinajstić information content (AvgIpc) is 3.79. The number of carbonyl (C=O) groups is 3. The zero-order valence-electron chi connectivity index (χ0n) is 34.1. The maximum absolute atomic E-state index is 15.4. The fraction of sp³-hybridized carbons (Fsp3) is 0.319. The Bertz CT molecular complexity index is 2570. The number of nitrogens with zero attached hydrogens (tertiary/aromatic N) is 7. The summed E-state index contributed by atoms with van der Waals surface area (Å²) < 4.78 is 15.5. The van der Waals surface area contributed by atoms with Crippen molar-refractivity contribution in [2.45, 2.75) is 38.9 Å². The van der Waals surface area contributed by atoms with Crippen LogP contribution in [0.2, 0.25) is 0 Å². The van der Waals surface area contributed by atoms with Crippen molar-refractivity contribution in [1.29, 1.82) is 0 Å². The third-order valence-electron chi connectivity index (χ3n) is 12.4. The van der Waals surface area contributed by atoms with E-state index in [-0.39, 0.29) is 24.4 Å². The molecule has 302 valence electrons. The number of benzene rings is 3. The lowest BCUT2D eigenvalue weighted by Crippen LogP contribution is -2.52.